The molecule has 0 spiro atoms. The SMILES string of the molecule is C=C1C[C@H]2CN(C(=O)O)C(C(C)C)(C(C)C)[C@H]2C1. The maximum absolute atomic E-state index is 11.6. The number of hydrogen-bond acceptors (Lipinski definition) is 1. The van der Waals surface area contributed by atoms with E-state index in [1.54, 1.807) is 4.90 Å². The average molecular weight is 251 g/mol. The van der Waals surface area contributed by atoms with Gasteiger partial charge in [-0.25, -0.2) is 4.79 Å². The smallest absolute Gasteiger partial charge is 0.407 e. The molecule has 2 fully saturated rings. The van der Waals surface area contributed by atoms with Gasteiger partial charge in [-0.15, -0.1) is 0 Å². The van der Waals surface area contributed by atoms with Crippen LogP contribution in [-0.4, -0.2) is 28.2 Å². The molecule has 1 heterocycles. The first kappa shape index (κ1) is 13.4. The standard InChI is InChI=1S/C15H25NO2/c1-9(2)15(10(3)4)13-7-11(5)6-12(13)8-16(15)14(17)18/h9-10,12-13H,5-8H2,1-4H3,(H,17,18)/t12-,13-/m0/s1. The molecule has 0 aromatic heterocycles. The Labute approximate surface area is 110 Å². The van der Waals surface area contributed by atoms with Gasteiger partial charge in [-0.1, -0.05) is 39.8 Å². The lowest BCUT2D eigenvalue weighted by Gasteiger charge is -2.47. The van der Waals surface area contributed by atoms with Crippen LogP contribution in [0.3, 0.4) is 0 Å². The normalized spacial score (nSPS) is 30.3. The van der Waals surface area contributed by atoms with E-state index in [9.17, 15) is 9.90 Å². The minimum Gasteiger partial charge on any atom is -0.465 e. The zero-order valence-corrected chi connectivity index (χ0v) is 11.9. The molecular formula is C15H25NO2. The third-order valence-corrected chi connectivity index (χ3v) is 5.19. The Hall–Kier alpha value is -0.990. The molecule has 1 saturated heterocycles. The van der Waals surface area contributed by atoms with Crippen LogP contribution in [0.15, 0.2) is 12.2 Å². The Morgan fingerprint density at radius 3 is 2.33 bits per heavy atom. The number of carbonyl (C=O) groups is 1. The Balaban J connectivity index is 2.48. The highest BCUT2D eigenvalue weighted by Gasteiger charge is 2.60. The van der Waals surface area contributed by atoms with Crippen molar-refractivity contribution in [1.29, 1.82) is 0 Å². The summed E-state index contributed by atoms with van der Waals surface area (Å²) in [6.45, 7) is 13.5. The molecular weight excluding hydrogens is 226 g/mol. The highest BCUT2D eigenvalue weighted by atomic mass is 16.4. The maximum atomic E-state index is 11.6. The Morgan fingerprint density at radius 2 is 1.89 bits per heavy atom. The van der Waals surface area contributed by atoms with Crippen molar-refractivity contribution in [3.05, 3.63) is 12.2 Å². The summed E-state index contributed by atoms with van der Waals surface area (Å²) in [5.74, 6) is 1.63. The molecule has 0 aromatic rings. The van der Waals surface area contributed by atoms with Gasteiger partial charge in [-0.3, -0.25) is 0 Å². The van der Waals surface area contributed by atoms with E-state index in [0.29, 0.717) is 30.2 Å². The summed E-state index contributed by atoms with van der Waals surface area (Å²) in [4.78, 5) is 13.4. The zero-order chi connectivity index (χ0) is 13.7. The summed E-state index contributed by atoms with van der Waals surface area (Å²) in [7, 11) is 0. The molecule has 0 radical (unpaired) electrons. The monoisotopic (exact) mass is 251 g/mol. The molecule has 3 nitrogen and oxygen atoms in total. The lowest BCUT2D eigenvalue weighted by molar-refractivity contribution is 0.0143. The third kappa shape index (κ3) is 1.59. The van der Waals surface area contributed by atoms with Crippen LogP contribution in [0.1, 0.15) is 40.5 Å². The van der Waals surface area contributed by atoms with Gasteiger partial charge in [0.15, 0.2) is 0 Å². The second-order valence-electron chi connectivity index (χ2n) is 6.61. The lowest BCUT2D eigenvalue weighted by atomic mass is 9.67. The van der Waals surface area contributed by atoms with Crippen LogP contribution in [0.2, 0.25) is 0 Å². The number of allylic oxidation sites excluding steroid dienone is 1. The maximum Gasteiger partial charge on any atom is 0.407 e. The highest BCUT2D eigenvalue weighted by molar-refractivity contribution is 5.67. The number of carboxylic acid groups (broad SMARTS) is 1. The minimum atomic E-state index is -0.752. The average Bonchev–Trinajstić information content (AvgIpc) is 2.70. The third-order valence-electron chi connectivity index (χ3n) is 5.19. The number of amides is 1. The van der Waals surface area contributed by atoms with Crippen molar-refractivity contribution in [2.75, 3.05) is 6.54 Å². The Kier molecular flexibility index (Phi) is 3.20. The van der Waals surface area contributed by atoms with E-state index in [1.165, 1.54) is 5.57 Å². The van der Waals surface area contributed by atoms with Crippen LogP contribution >= 0.6 is 0 Å². The lowest BCUT2D eigenvalue weighted by Crippen LogP contribution is -2.57. The minimum absolute atomic E-state index is 0.212. The molecule has 1 aliphatic heterocycles. The van der Waals surface area contributed by atoms with E-state index in [-0.39, 0.29) is 5.54 Å². The highest BCUT2D eigenvalue weighted by Crippen LogP contribution is 2.55. The first-order valence-corrected chi connectivity index (χ1v) is 6.99. The van der Waals surface area contributed by atoms with Crippen LogP contribution in [-0.2, 0) is 0 Å². The number of rotatable bonds is 2. The van der Waals surface area contributed by atoms with E-state index in [1.807, 2.05) is 0 Å². The first-order chi connectivity index (χ1) is 8.31. The number of hydrogen-bond donors (Lipinski definition) is 1. The van der Waals surface area contributed by atoms with Crippen LogP contribution < -0.4 is 0 Å². The summed E-state index contributed by atoms with van der Waals surface area (Å²) >= 11 is 0. The van der Waals surface area contributed by atoms with Crippen molar-refractivity contribution >= 4 is 6.09 Å². The fourth-order valence-corrected chi connectivity index (χ4v) is 4.79. The van der Waals surface area contributed by atoms with Crippen molar-refractivity contribution < 1.29 is 9.90 Å². The fraction of sp³-hybridized carbons (Fsp3) is 0.800. The van der Waals surface area contributed by atoms with Crippen molar-refractivity contribution in [2.45, 2.75) is 46.1 Å². The summed E-state index contributed by atoms with van der Waals surface area (Å²) < 4.78 is 0. The summed E-state index contributed by atoms with van der Waals surface area (Å²) in [6.07, 6.45) is 1.26. The second-order valence-corrected chi connectivity index (χ2v) is 6.61. The largest absolute Gasteiger partial charge is 0.465 e. The molecule has 0 bridgehead atoms. The zero-order valence-electron chi connectivity index (χ0n) is 11.9. The van der Waals surface area contributed by atoms with Crippen molar-refractivity contribution in [3.8, 4) is 0 Å². The number of fused-ring (bicyclic) bond motifs is 1. The predicted octanol–water partition coefficient (Wildman–Crippen LogP) is 3.61. The van der Waals surface area contributed by atoms with E-state index in [2.05, 4.69) is 34.3 Å². The molecule has 1 amide bonds. The van der Waals surface area contributed by atoms with Crippen molar-refractivity contribution in [2.24, 2.45) is 23.7 Å². The molecule has 18 heavy (non-hydrogen) atoms. The van der Waals surface area contributed by atoms with Gasteiger partial charge < -0.3 is 10.0 Å². The van der Waals surface area contributed by atoms with Gasteiger partial charge in [0.2, 0.25) is 0 Å². The van der Waals surface area contributed by atoms with E-state index in [4.69, 9.17) is 0 Å². The van der Waals surface area contributed by atoms with E-state index in [0.717, 1.165) is 12.8 Å². The number of nitrogens with zero attached hydrogens (tertiary/aromatic N) is 1. The molecule has 2 atom stereocenters. The van der Waals surface area contributed by atoms with Crippen molar-refractivity contribution in [1.82, 2.24) is 4.90 Å². The molecule has 102 valence electrons. The molecule has 3 heteroatoms. The van der Waals surface area contributed by atoms with Gasteiger partial charge in [-0.2, -0.15) is 0 Å². The van der Waals surface area contributed by atoms with Crippen LogP contribution in [0.5, 0.6) is 0 Å². The molecule has 0 aromatic carbocycles. The van der Waals surface area contributed by atoms with Crippen LogP contribution in [0.4, 0.5) is 4.79 Å². The summed E-state index contributed by atoms with van der Waals surface area (Å²) in [6, 6.07) is 0. The molecule has 1 aliphatic carbocycles. The predicted molar refractivity (Wildman–Crippen MR) is 72.5 cm³/mol. The molecule has 0 unspecified atom stereocenters. The first-order valence-electron chi connectivity index (χ1n) is 6.99. The molecule has 2 aliphatic rings. The van der Waals surface area contributed by atoms with Crippen LogP contribution in [0.25, 0.3) is 0 Å². The quantitative estimate of drug-likeness (QED) is 0.762. The molecule has 1 N–H and O–H groups in total. The van der Waals surface area contributed by atoms with Gasteiger partial charge >= 0.3 is 6.09 Å². The summed E-state index contributed by atoms with van der Waals surface area (Å²) in [5, 5.41) is 9.57. The van der Waals surface area contributed by atoms with Gasteiger partial charge in [0.05, 0.1) is 5.54 Å². The van der Waals surface area contributed by atoms with Crippen LogP contribution in [0, 0.1) is 23.7 Å². The van der Waals surface area contributed by atoms with Gasteiger partial charge in [0, 0.05) is 6.54 Å². The van der Waals surface area contributed by atoms with E-state index < -0.39 is 6.09 Å². The Bertz CT molecular complexity index is 365. The van der Waals surface area contributed by atoms with Crippen molar-refractivity contribution in [3.63, 3.8) is 0 Å². The van der Waals surface area contributed by atoms with Gasteiger partial charge in [0.1, 0.15) is 0 Å². The number of likely N-dealkylation sites (tertiary alicyclic amines) is 1. The fourth-order valence-electron chi connectivity index (χ4n) is 4.79. The van der Waals surface area contributed by atoms with Gasteiger partial charge in [0.25, 0.3) is 0 Å². The second kappa shape index (κ2) is 4.29. The van der Waals surface area contributed by atoms with Gasteiger partial charge in [-0.05, 0) is 36.5 Å². The van der Waals surface area contributed by atoms with E-state index >= 15 is 0 Å². The molecule has 1 saturated carbocycles. The Morgan fingerprint density at radius 1 is 1.33 bits per heavy atom. The summed E-state index contributed by atoms with van der Waals surface area (Å²) in [5.41, 5.74) is 1.09. The molecule has 2 rings (SSSR count). The topological polar surface area (TPSA) is 40.5 Å².